The van der Waals surface area contributed by atoms with Crippen molar-refractivity contribution in [3.8, 4) is 5.75 Å². The number of imidazole rings is 1. The molecule has 1 N–H and O–H groups in total. The lowest BCUT2D eigenvalue weighted by Gasteiger charge is -2.08. The van der Waals surface area contributed by atoms with E-state index in [0.29, 0.717) is 5.56 Å². The van der Waals surface area contributed by atoms with Crippen LogP contribution in [0.2, 0.25) is 0 Å². The molecule has 0 spiro atoms. The first-order chi connectivity index (χ1) is 11.5. The number of carbonyl (C=O) groups is 1. The zero-order chi connectivity index (χ0) is 17.3. The number of aromatic amines is 1. The van der Waals surface area contributed by atoms with Crippen molar-refractivity contribution < 1.29 is 9.53 Å². The van der Waals surface area contributed by atoms with Crippen molar-refractivity contribution in [3.63, 3.8) is 0 Å². The van der Waals surface area contributed by atoms with Gasteiger partial charge in [0.25, 0.3) is 0 Å². The predicted molar refractivity (Wildman–Crippen MR) is 98.2 cm³/mol. The fourth-order valence-corrected chi connectivity index (χ4v) is 3.41. The number of hydrogen-bond donors (Lipinski definition) is 1. The second-order valence-corrected chi connectivity index (χ2v) is 7.18. The van der Waals surface area contributed by atoms with Gasteiger partial charge in [-0.2, -0.15) is 0 Å². The standard InChI is InChI=1S/C19H20N2O2S/c1-11-9-16-17(10-12(11)2)21-19(20-16)24-13(3)18(22)14-5-7-15(23-4)8-6-14/h5-10,13H,1-4H3,(H,20,21)/t13-/m0/s1. The molecule has 1 aromatic heterocycles. The lowest BCUT2D eigenvalue weighted by Crippen LogP contribution is -2.13. The lowest BCUT2D eigenvalue weighted by molar-refractivity contribution is 0.0994. The summed E-state index contributed by atoms with van der Waals surface area (Å²) in [4.78, 5) is 20.5. The molecule has 0 amide bonds. The van der Waals surface area contributed by atoms with Gasteiger partial charge in [0.1, 0.15) is 5.75 Å². The molecule has 24 heavy (non-hydrogen) atoms. The number of benzene rings is 2. The SMILES string of the molecule is COc1ccc(C(=O)[C@H](C)Sc2nc3cc(C)c(C)cc3[nH]2)cc1. The molecule has 0 unspecified atom stereocenters. The van der Waals surface area contributed by atoms with Gasteiger partial charge in [-0.25, -0.2) is 4.98 Å². The van der Waals surface area contributed by atoms with Gasteiger partial charge in [0.2, 0.25) is 0 Å². The largest absolute Gasteiger partial charge is 0.497 e. The number of ketones is 1. The maximum Gasteiger partial charge on any atom is 0.175 e. The smallest absolute Gasteiger partial charge is 0.175 e. The molecular formula is C19H20N2O2S. The Hall–Kier alpha value is -2.27. The molecule has 3 rings (SSSR count). The number of hydrogen-bond acceptors (Lipinski definition) is 4. The first-order valence-corrected chi connectivity index (χ1v) is 8.68. The summed E-state index contributed by atoms with van der Waals surface area (Å²) in [7, 11) is 1.61. The number of H-pyrrole nitrogens is 1. The molecule has 0 saturated carbocycles. The molecule has 0 radical (unpaired) electrons. The van der Waals surface area contributed by atoms with Crippen LogP contribution in [0.3, 0.4) is 0 Å². The molecule has 2 aromatic carbocycles. The van der Waals surface area contributed by atoms with E-state index in [1.54, 1.807) is 31.4 Å². The summed E-state index contributed by atoms with van der Waals surface area (Å²) >= 11 is 1.45. The van der Waals surface area contributed by atoms with E-state index >= 15 is 0 Å². The number of rotatable bonds is 5. The number of nitrogens with zero attached hydrogens (tertiary/aromatic N) is 1. The van der Waals surface area contributed by atoms with Crippen LogP contribution in [0.1, 0.15) is 28.4 Å². The highest BCUT2D eigenvalue weighted by atomic mass is 32.2. The van der Waals surface area contributed by atoms with E-state index in [1.165, 1.54) is 22.9 Å². The summed E-state index contributed by atoms with van der Waals surface area (Å²) in [6.07, 6.45) is 0. The number of thioether (sulfide) groups is 1. The van der Waals surface area contributed by atoms with Crippen molar-refractivity contribution in [2.45, 2.75) is 31.2 Å². The normalized spacial score (nSPS) is 12.3. The van der Waals surface area contributed by atoms with Gasteiger partial charge >= 0.3 is 0 Å². The van der Waals surface area contributed by atoms with E-state index in [-0.39, 0.29) is 11.0 Å². The Labute approximate surface area is 145 Å². The summed E-state index contributed by atoms with van der Waals surface area (Å²) < 4.78 is 5.13. The minimum Gasteiger partial charge on any atom is -0.497 e. The van der Waals surface area contributed by atoms with Crippen LogP contribution in [0, 0.1) is 13.8 Å². The van der Waals surface area contributed by atoms with Crippen LogP contribution >= 0.6 is 11.8 Å². The van der Waals surface area contributed by atoms with Gasteiger partial charge < -0.3 is 9.72 Å². The zero-order valence-corrected chi connectivity index (χ0v) is 15.0. The molecule has 0 aliphatic heterocycles. The van der Waals surface area contributed by atoms with Crippen LogP contribution in [0.4, 0.5) is 0 Å². The highest BCUT2D eigenvalue weighted by molar-refractivity contribution is 8.00. The third-order valence-corrected chi connectivity index (χ3v) is 5.09. The summed E-state index contributed by atoms with van der Waals surface area (Å²) in [5, 5.41) is 0.547. The van der Waals surface area contributed by atoms with E-state index in [1.807, 2.05) is 6.92 Å². The first-order valence-electron chi connectivity index (χ1n) is 7.80. The highest BCUT2D eigenvalue weighted by Crippen LogP contribution is 2.27. The van der Waals surface area contributed by atoms with Gasteiger partial charge in [0, 0.05) is 5.56 Å². The second-order valence-electron chi connectivity index (χ2n) is 5.85. The zero-order valence-electron chi connectivity index (χ0n) is 14.2. The van der Waals surface area contributed by atoms with Crippen molar-refractivity contribution in [1.29, 1.82) is 0 Å². The van der Waals surface area contributed by atoms with Crippen molar-refractivity contribution in [1.82, 2.24) is 9.97 Å². The Bertz CT molecular complexity index is 845. The van der Waals surface area contributed by atoms with E-state index in [9.17, 15) is 4.79 Å². The van der Waals surface area contributed by atoms with E-state index in [4.69, 9.17) is 4.74 Å². The Morgan fingerprint density at radius 3 is 2.50 bits per heavy atom. The van der Waals surface area contributed by atoms with Gasteiger partial charge in [-0.1, -0.05) is 11.8 Å². The summed E-state index contributed by atoms with van der Waals surface area (Å²) in [5.74, 6) is 0.824. The van der Waals surface area contributed by atoms with Crippen LogP contribution in [-0.2, 0) is 0 Å². The molecule has 0 aliphatic rings. The topological polar surface area (TPSA) is 55.0 Å². The number of aromatic nitrogens is 2. The number of nitrogens with one attached hydrogen (secondary N) is 1. The highest BCUT2D eigenvalue weighted by Gasteiger charge is 2.18. The fraction of sp³-hybridized carbons (Fsp3) is 0.263. The molecule has 0 bridgehead atoms. The number of fused-ring (bicyclic) bond motifs is 1. The molecule has 124 valence electrons. The maximum absolute atomic E-state index is 12.6. The second kappa shape index (κ2) is 6.69. The number of methoxy groups -OCH3 is 1. The summed E-state index contributed by atoms with van der Waals surface area (Å²) in [6, 6.07) is 11.4. The van der Waals surface area contributed by atoms with Gasteiger partial charge in [-0.05, 0) is 68.3 Å². The van der Waals surface area contributed by atoms with E-state index in [2.05, 4.69) is 35.9 Å². The Kier molecular flexibility index (Phi) is 4.62. The van der Waals surface area contributed by atoms with Crippen LogP contribution in [-0.4, -0.2) is 28.1 Å². The molecule has 0 aliphatic carbocycles. The third kappa shape index (κ3) is 3.31. The first kappa shape index (κ1) is 16.6. The van der Waals surface area contributed by atoms with Crippen LogP contribution in [0.5, 0.6) is 5.75 Å². The van der Waals surface area contributed by atoms with E-state index in [0.717, 1.165) is 21.9 Å². The van der Waals surface area contributed by atoms with Gasteiger partial charge in [-0.15, -0.1) is 0 Å². The number of carbonyl (C=O) groups excluding carboxylic acids is 1. The van der Waals surface area contributed by atoms with Gasteiger partial charge in [-0.3, -0.25) is 4.79 Å². The molecule has 4 nitrogen and oxygen atoms in total. The molecule has 0 fully saturated rings. The quantitative estimate of drug-likeness (QED) is 0.547. The van der Waals surface area contributed by atoms with E-state index < -0.39 is 0 Å². The van der Waals surface area contributed by atoms with Gasteiger partial charge in [0.05, 0.1) is 23.4 Å². The predicted octanol–water partition coefficient (Wildman–Crippen LogP) is 4.55. The number of aryl methyl sites for hydroxylation is 2. The average molecular weight is 340 g/mol. The Morgan fingerprint density at radius 2 is 1.83 bits per heavy atom. The van der Waals surface area contributed by atoms with Crippen LogP contribution in [0.15, 0.2) is 41.6 Å². The van der Waals surface area contributed by atoms with Crippen molar-refractivity contribution >= 4 is 28.6 Å². The van der Waals surface area contributed by atoms with Crippen LogP contribution < -0.4 is 4.74 Å². The Morgan fingerprint density at radius 1 is 1.17 bits per heavy atom. The van der Waals surface area contributed by atoms with Crippen molar-refractivity contribution in [2.24, 2.45) is 0 Å². The molecule has 0 saturated heterocycles. The monoisotopic (exact) mass is 340 g/mol. The maximum atomic E-state index is 12.6. The van der Waals surface area contributed by atoms with Crippen molar-refractivity contribution in [2.75, 3.05) is 7.11 Å². The minimum absolute atomic E-state index is 0.0791. The molecule has 1 heterocycles. The fourth-order valence-electron chi connectivity index (χ4n) is 2.51. The summed E-state index contributed by atoms with van der Waals surface area (Å²) in [5.41, 5.74) is 5.06. The van der Waals surface area contributed by atoms with Gasteiger partial charge in [0.15, 0.2) is 10.9 Å². The third-order valence-electron chi connectivity index (χ3n) is 4.11. The molecule has 3 aromatic rings. The lowest BCUT2D eigenvalue weighted by atomic mass is 10.1. The molecule has 1 atom stereocenters. The number of Topliss-reactive ketones (excluding diaryl/α,β-unsaturated/α-hetero) is 1. The summed E-state index contributed by atoms with van der Waals surface area (Å²) in [6.45, 7) is 6.06. The van der Waals surface area contributed by atoms with Crippen LogP contribution in [0.25, 0.3) is 11.0 Å². The molecule has 5 heteroatoms. The minimum atomic E-state index is -0.221. The Balaban J connectivity index is 1.78. The number of ether oxygens (including phenoxy) is 1. The molecular weight excluding hydrogens is 320 g/mol. The average Bonchev–Trinajstić information content (AvgIpc) is 2.95. The van der Waals surface area contributed by atoms with Crippen molar-refractivity contribution in [3.05, 3.63) is 53.1 Å².